The molecule has 2 unspecified atom stereocenters. The van der Waals surface area contributed by atoms with Crippen molar-refractivity contribution in [2.75, 3.05) is 25.0 Å². The van der Waals surface area contributed by atoms with Crippen LogP contribution in [0.2, 0.25) is 0 Å². The number of ether oxygens (including phenoxy) is 1. The Morgan fingerprint density at radius 1 is 1.39 bits per heavy atom. The maximum absolute atomic E-state index is 11.6. The van der Waals surface area contributed by atoms with Gasteiger partial charge in [-0.3, -0.25) is 4.90 Å². The highest BCUT2D eigenvalue weighted by atomic mass is 16.5. The van der Waals surface area contributed by atoms with Crippen LogP contribution in [0.5, 0.6) is 0 Å². The first-order valence-electron chi connectivity index (χ1n) is 8.78. The maximum Gasteiger partial charge on any atom is 0.187 e. The van der Waals surface area contributed by atoms with Crippen molar-refractivity contribution in [1.82, 2.24) is 4.90 Å². The molecule has 5 aliphatic rings. The van der Waals surface area contributed by atoms with E-state index in [1.54, 1.807) is 0 Å². The first-order valence-corrected chi connectivity index (χ1v) is 8.78. The smallest absolute Gasteiger partial charge is 0.187 e. The molecule has 23 heavy (non-hydrogen) atoms. The van der Waals surface area contributed by atoms with Gasteiger partial charge in [0.15, 0.2) is 5.72 Å². The normalized spacial score (nSPS) is 47.0. The first kappa shape index (κ1) is 14.0. The number of aliphatic hydroxyl groups is 1. The Bertz CT molecular complexity index is 663. The van der Waals surface area contributed by atoms with Crippen molar-refractivity contribution in [1.29, 1.82) is 0 Å². The highest BCUT2D eigenvalue weighted by molar-refractivity contribution is 5.63. The van der Waals surface area contributed by atoms with Crippen LogP contribution in [-0.2, 0) is 10.3 Å². The van der Waals surface area contributed by atoms with Crippen LogP contribution < -0.4 is 5.32 Å². The van der Waals surface area contributed by atoms with E-state index in [2.05, 4.69) is 28.9 Å². The second kappa shape index (κ2) is 4.59. The zero-order valence-electron chi connectivity index (χ0n) is 13.4. The largest absolute Gasteiger partial charge is 0.380 e. The highest BCUT2D eigenvalue weighted by Gasteiger charge is 2.67. The van der Waals surface area contributed by atoms with Crippen LogP contribution in [0.4, 0.5) is 5.69 Å². The van der Waals surface area contributed by atoms with Crippen molar-refractivity contribution < 1.29 is 9.84 Å². The van der Waals surface area contributed by atoms with Gasteiger partial charge < -0.3 is 15.2 Å². The van der Waals surface area contributed by atoms with Gasteiger partial charge in [0.1, 0.15) is 5.60 Å². The maximum atomic E-state index is 11.6. The van der Waals surface area contributed by atoms with Crippen LogP contribution in [0.3, 0.4) is 0 Å². The minimum Gasteiger partial charge on any atom is -0.380 e. The summed E-state index contributed by atoms with van der Waals surface area (Å²) in [6, 6.07) is 8.35. The van der Waals surface area contributed by atoms with E-state index in [0.29, 0.717) is 24.9 Å². The molecule has 0 spiro atoms. The molecule has 6 atom stereocenters. The van der Waals surface area contributed by atoms with E-state index < -0.39 is 11.3 Å². The van der Waals surface area contributed by atoms with E-state index in [1.807, 2.05) is 18.2 Å². The predicted molar refractivity (Wildman–Crippen MR) is 89.0 cm³/mol. The molecule has 4 saturated heterocycles. The molecule has 1 aromatic rings. The summed E-state index contributed by atoms with van der Waals surface area (Å²) in [4.78, 5) is 2.52. The summed E-state index contributed by atoms with van der Waals surface area (Å²) in [5.74, 6) is 1.24. The van der Waals surface area contributed by atoms with Crippen molar-refractivity contribution in [2.45, 2.75) is 36.6 Å². The number of nitrogens with zero attached hydrogens (tertiary/aromatic N) is 1. The number of piperidine rings is 3. The lowest BCUT2D eigenvalue weighted by Gasteiger charge is -2.55. The summed E-state index contributed by atoms with van der Waals surface area (Å²) in [6.45, 7) is 6.76. The molecule has 0 aliphatic carbocycles. The topological polar surface area (TPSA) is 44.7 Å². The SMILES string of the molecule is C=C[C@H]1CN2CC[C@H]1C[C@H]2C12Nc3ccccc3[C@]1(O)CCO2. The Morgan fingerprint density at radius 3 is 3.04 bits per heavy atom. The number of hydrogen-bond donors (Lipinski definition) is 2. The van der Waals surface area contributed by atoms with Gasteiger partial charge in [-0.05, 0) is 37.3 Å². The molecule has 0 saturated carbocycles. The standard InChI is InChI=1S/C19H24N2O2/c1-2-13-12-21-9-7-14(13)11-17(21)19-18(22,8-10-23-19)15-5-3-4-6-16(15)20-19/h2-6,13-14,17,20,22H,1,7-12H2/t13-,14-,17-,18+,19?/m0/s1. The Balaban J connectivity index is 1.57. The molecule has 0 amide bonds. The Morgan fingerprint density at radius 2 is 2.26 bits per heavy atom. The number of hydrogen-bond acceptors (Lipinski definition) is 4. The van der Waals surface area contributed by atoms with Crippen molar-refractivity contribution in [3.8, 4) is 0 Å². The van der Waals surface area contributed by atoms with Gasteiger partial charge in [0, 0.05) is 24.2 Å². The predicted octanol–water partition coefficient (Wildman–Crippen LogP) is 2.31. The van der Waals surface area contributed by atoms with Crippen molar-refractivity contribution >= 4 is 5.69 Å². The lowest BCUT2D eigenvalue weighted by atomic mass is 9.70. The highest BCUT2D eigenvalue weighted by Crippen LogP contribution is 2.57. The summed E-state index contributed by atoms with van der Waals surface area (Å²) in [5, 5.41) is 15.2. The summed E-state index contributed by atoms with van der Waals surface area (Å²) < 4.78 is 6.28. The summed E-state index contributed by atoms with van der Waals surface area (Å²) in [6.07, 6.45) is 5.08. The van der Waals surface area contributed by atoms with Gasteiger partial charge in [-0.15, -0.1) is 6.58 Å². The lowest BCUT2D eigenvalue weighted by Crippen LogP contribution is -2.68. The van der Waals surface area contributed by atoms with Crippen LogP contribution in [0, 0.1) is 11.8 Å². The van der Waals surface area contributed by atoms with E-state index in [0.717, 1.165) is 30.8 Å². The van der Waals surface area contributed by atoms with Gasteiger partial charge in [-0.1, -0.05) is 24.3 Å². The van der Waals surface area contributed by atoms with Crippen LogP contribution in [0.1, 0.15) is 24.8 Å². The zero-order chi connectivity index (χ0) is 15.7. The Hall–Kier alpha value is -1.36. The minimum atomic E-state index is -0.921. The molecule has 6 rings (SSSR count). The molecule has 122 valence electrons. The number of rotatable bonds is 2. The quantitative estimate of drug-likeness (QED) is 0.823. The van der Waals surface area contributed by atoms with Crippen LogP contribution >= 0.6 is 0 Å². The van der Waals surface area contributed by atoms with Crippen LogP contribution in [0.15, 0.2) is 36.9 Å². The number of benzene rings is 1. The van der Waals surface area contributed by atoms with Gasteiger partial charge in [0.05, 0.1) is 12.6 Å². The molecule has 4 nitrogen and oxygen atoms in total. The third kappa shape index (κ3) is 1.61. The molecular weight excluding hydrogens is 288 g/mol. The average Bonchev–Trinajstić information content (AvgIpc) is 3.05. The molecular formula is C19H24N2O2. The van der Waals surface area contributed by atoms with Gasteiger partial charge >= 0.3 is 0 Å². The fourth-order valence-electron chi connectivity index (χ4n) is 5.51. The Labute approximate surface area is 137 Å². The van der Waals surface area contributed by atoms with E-state index in [-0.39, 0.29) is 6.04 Å². The van der Waals surface area contributed by atoms with Gasteiger partial charge in [-0.2, -0.15) is 0 Å². The average molecular weight is 312 g/mol. The molecule has 2 bridgehead atoms. The monoisotopic (exact) mass is 312 g/mol. The second-order valence-corrected chi connectivity index (χ2v) is 7.56. The molecule has 4 heteroatoms. The third-order valence-electron chi connectivity index (χ3n) is 6.68. The molecule has 0 radical (unpaired) electrons. The Kier molecular flexibility index (Phi) is 2.80. The summed E-state index contributed by atoms with van der Waals surface area (Å²) in [5.41, 5.74) is 0.412. The van der Waals surface area contributed by atoms with E-state index in [4.69, 9.17) is 4.74 Å². The number of para-hydroxylation sites is 1. The third-order valence-corrected chi connectivity index (χ3v) is 6.68. The molecule has 5 heterocycles. The number of nitrogens with one attached hydrogen (secondary N) is 1. The van der Waals surface area contributed by atoms with Crippen molar-refractivity contribution in [2.24, 2.45) is 11.8 Å². The minimum absolute atomic E-state index is 0.220. The lowest BCUT2D eigenvalue weighted by molar-refractivity contribution is -0.168. The van der Waals surface area contributed by atoms with Gasteiger partial charge in [0.25, 0.3) is 0 Å². The zero-order valence-corrected chi connectivity index (χ0v) is 13.4. The van der Waals surface area contributed by atoms with E-state index in [1.165, 1.54) is 6.42 Å². The molecule has 0 aromatic heterocycles. The second-order valence-electron chi connectivity index (χ2n) is 7.56. The van der Waals surface area contributed by atoms with Crippen molar-refractivity contribution in [3.63, 3.8) is 0 Å². The molecule has 5 aliphatic heterocycles. The number of anilines is 1. The van der Waals surface area contributed by atoms with Crippen LogP contribution in [-0.4, -0.2) is 41.5 Å². The van der Waals surface area contributed by atoms with Crippen molar-refractivity contribution in [3.05, 3.63) is 42.5 Å². The van der Waals surface area contributed by atoms with Gasteiger partial charge in [0.2, 0.25) is 0 Å². The van der Waals surface area contributed by atoms with E-state index >= 15 is 0 Å². The first-order chi connectivity index (χ1) is 11.2. The summed E-state index contributed by atoms with van der Waals surface area (Å²) >= 11 is 0. The molecule has 4 fully saturated rings. The fraction of sp³-hybridized carbons (Fsp3) is 0.579. The molecule has 2 N–H and O–H groups in total. The summed E-state index contributed by atoms with van der Waals surface area (Å²) in [7, 11) is 0. The fourth-order valence-corrected chi connectivity index (χ4v) is 5.51. The van der Waals surface area contributed by atoms with E-state index in [9.17, 15) is 5.11 Å². The molecule has 1 aromatic carbocycles. The number of fused-ring (bicyclic) bond motifs is 7. The van der Waals surface area contributed by atoms with Gasteiger partial charge in [-0.25, -0.2) is 0 Å². The van der Waals surface area contributed by atoms with Crippen LogP contribution in [0.25, 0.3) is 0 Å².